The quantitative estimate of drug-likeness (QED) is 0.812. The monoisotopic (exact) mass is 293 g/mol. The lowest BCUT2D eigenvalue weighted by atomic mass is 10.0. The predicted octanol–water partition coefficient (Wildman–Crippen LogP) is 3.41. The van der Waals surface area contributed by atoms with Crippen molar-refractivity contribution >= 4 is 21.7 Å². The molecule has 2 rings (SSSR count). The number of pyridine rings is 1. The first-order chi connectivity index (χ1) is 8.16. The maximum absolute atomic E-state index is 13.0. The summed E-state index contributed by atoms with van der Waals surface area (Å²) in [6.45, 7) is 0. The van der Waals surface area contributed by atoms with Crippen LogP contribution in [-0.4, -0.2) is 10.8 Å². The number of aromatic nitrogens is 1. The number of hydrogen-bond acceptors (Lipinski definition) is 2. The fraction of sp³-hybridized carbons (Fsp3) is 0.0769. The Bertz CT molecular complexity index is 542. The van der Waals surface area contributed by atoms with E-state index in [1.54, 1.807) is 24.5 Å². The lowest BCUT2D eigenvalue weighted by molar-refractivity contribution is 0.0993. The van der Waals surface area contributed by atoms with Crippen molar-refractivity contribution in [2.45, 2.75) is 6.42 Å². The van der Waals surface area contributed by atoms with Gasteiger partial charge in [-0.2, -0.15) is 0 Å². The van der Waals surface area contributed by atoms with Gasteiger partial charge >= 0.3 is 0 Å². The molecule has 2 aromatic rings. The van der Waals surface area contributed by atoms with E-state index >= 15 is 0 Å². The van der Waals surface area contributed by atoms with Crippen molar-refractivity contribution in [3.63, 3.8) is 0 Å². The summed E-state index contributed by atoms with van der Waals surface area (Å²) in [6, 6.07) is 7.85. The van der Waals surface area contributed by atoms with Crippen LogP contribution >= 0.6 is 15.9 Å². The van der Waals surface area contributed by atoms with E-state index in [9.17, 15) is 9.18 Å². The second-order valence-electron chi connectivity index (χ2n) is 3.58. The molecule has 17 heavy (non-hydrogen) atoms. The van der Waals surface area contributed by atoms with Gasteiger partial charge in [0, 0.05) is 24.4 Å². The molecule has 86 valence electrons. The molecular weight excluding hydrogens is 285 g/mol. The number of benzene rings is 1. The van der Waals surface area contributed by atoms with E-state index in [1.165, 1.54) is 18.2 Å². The number of ketones is 1. The van der Waals surface area contributed by atoms with Crippen LogP contribution in [0.25, 0.3) is 0 Å². The van der Waals surface area contributed by atoms with Crippen molar-refractivity contribution in [2.75, 3.05) is 0 Å². The molecule has 1 aromatic carbocycles. The highest BCUT2D eigenvalue weighted by Gasteiger charge is 2.09. The standard InChI is InChI=1S/C13H9BrFNO/c14-11-8-10(1-2-12(11)15)13(17)7-9-3-5-16-6-4-9/h1-6,8H,7H2. The minimum Gasteiger partial charge on any atom is -0.294 e. The van der Waals surface area contributed by atoms with Crippen LogP contribution in [0.5, 0.6) is 0 Å². The second-order valence-corrected chi connectivity index (χ2v) is 4.44. The Hall–Kier alpha value is -1.55. The van der Waals surface area contributed by atoms with E-state index < -0.39 is 0 Å². The molecule has 1 aromatic heterocycles. The number of Topliss-reactive ketones (excluding diaryl/α,β-unsaturated/α-hetero) is 1. The Morgan fingerprint density at radius 3 is 2.59 bits per heavy atom. The normalized spacial score (nSPS) is 10.2. The van der Waals surface area contributed by atoms with Gasteiger partial charge in [0.05, 0.1) is 4.47 Å². The van der Waals surface area contributed by atoms with Gasteiger partial charge in [-0.1, -0.05) is 0 Å². The Morgan fingerprint density at radius 1 is 1.24 bits per heavy atom. The Balaban J connectivity index is 2.18. The smallest absolute Gasteiger partial charge is 0.167 e. The molecule has 0 fully saturated rings. The second kappa shape index (κ2) is 5.19. The highest BCUT2D eigenvalue weighted by Crippen LogP contribution is 2.18. The van der Waals surface area contributed by atoms with E-state index in [4.69, 9.17) is 0 Å². The molecule has 0 saturated heterocycles. The lowest BCUT2D eigenvalue weighted by Crippen LogP contribution is -2.03. The van der Waals surface area contributed by atoms with E-state index in [-0.39, 0.29) is 11.6 Å². The van der Waals surface area contributed by atoms with E-state index in [2.05, 4.69) is 20.9 Å². The van der Waals surface area contributed by atoms with Gasteiger partial charge in [0.1, 0.15) is 5.82 Å². The maximum Gasteiger partial charge on any atom is 0.167 e. The van der Waals surface area contributed by atoms with Crippen molar-refractivity contribution in [1.82, 2.24) is 4.98 Å². The van der Waals surface area contributed by atoms with Gasteiger partial charge in [0.25, 0.3) is 0 Å². The van der Waals surface area contributed by atoms with Crippen LogP contribution in [0.15, 0.2) is 47.2 Å². The Kier molecular flexibility index (Phi) is 3.64. The molecule has 0 aliphatic heterocycles. The first kappa shape index (κ1) is 11.9. The molecule has 0 aliphatic rings. The third-order valence-electron chi connectivity index (χ3n) is 2.36. The number of carbonyl (C=O) groups is 1. The van der Waals surface area contributed by atoms with E-state index in [0.717, 1.165) is 5.56 Å². The zero-order valence-corrected chi connectivity index (χ0v) is 10.4. The van der Waals surface area contributed by atoms with E-state index in [1.807, 2.05) is 0 Å². The van der Waals surface area contributed by atoms with E-state index in [0.29, 0.717) is 16.5 Å². The number of hydrogen-bond donors (Lipinski definition) is 0. The summed E-state index contributed by atoms with van der Waals surface area (Å²) < 4.78 is 13.3. The van der Waals surface area contributed by atoms with Crippen LogP contribution in [0, 0.1) is 5.82 Å². The Labute approximate surface area is 107 Å². The zero-order chi connectivity index (χ0) is 12.3. The Morgan fingerprint density at radius 2 is 1.94 bits per heavy atom. The largest absolute Gasteiger partial charge is 0.294 e. The first-order valence-corrected chi connectivity index (χ1v) is 5.83. The van der Waals surface area contributed by atoms with Crippen LogP contribution < -0.4 is 0 Å². The van der Waals surface area contributed by atoms with Crippen LogP contribution in [0.3, 0.4) is 0 Å². The molecule has 0 saturated carbocycles. The average Bonchev–Trinajstić information content (AvgIpc) is 2.34. The number of nitrogens with zero attached hydrogens (tertiary/aromatic N) is 1. The molecule has 0 unspecified atom stereocenters. The topological polar surface area (TPSA) is 30.0 Å². The van der Waals surface area contributed by atoms with Crippen molar-refractivity contribution in [3.05, 3.63) is 64.1 Å². The van der Waals surface area contributed by atoms with Gasteiger partial charge < -0.3 is 0 Å². The molecule has 1 heterocycles. The van der Waals surface area contributed by atoms with Gasteiger partial charge in [-0.3, -0.25) is 9.78 Å². The molecular formula is C13H9BrFNO. The summed E-state index contributed by atoms with van der Waals surface area (Å²) in [4.78, 5) is 15.8. The summed E-state index contributed by atoms with van der Waals surface area (Å²) in [7, 11) is 0. The molecule has 0 radical (unpaired) electrons. The predicted molar refractivity (Wildman–Crippen MR) is 66.4 cm³/mol. The van der Waals surface area contributed by atoms with Gasteiger partial charge in [-0.05, 0) is 51.8 Å². The summed E-state index contributed by atoms with van der Waals surface area (Å²) >= 11 is 3.06. The molecule has 0 atom stereocenters. The highest BCUT2D eigenvalue weighted by molar-refractivity contribution is 9.10. The SMILES string of the molecule is O=C(Cc1ccncc1)c1ccc(F)c(Br)c1. The number of rotatable bonds is 3. The number of halogens is 2. The van der Waals surface area contributed by atoms with Crippen molar-refractivity contribution in [2.24, 2.45) is 0 Å². The molecule has 0 N–H and O–H groups in total. The van der Waals surface area contributed by atoms with Crippen LogP contribution in [-0.2, 0) is 6.42 Å². The van der Waals surface area contributed by atoms with Gasteiger partial charge in [-0.15, -0.1) is 0 Å². The molecule has 0 aliphatic carbocycles. The maximum atomic E-state index is 13.0. The number of carbonyl (C=O) groups excluding carboxylic acids is 1. The molecule has 0 amide bonds. The van der Waals surface area contributed by atoms with Gasteiger partial charge in [0.15, 0.2) is 5.78 Å². The minimum atomic E-state index is -0.370. The lowest BCUT2D eigenvalue weighted by Gasteiger charge is -2.02. The third kappa shape index (κ3) is 2.97. The van der Waals surface area contributed by atoms with Gasteiger partial charge in [0.2, 0.25) is 0 Å². The van der Waals surface area contributed by atoms with Crippen molar-refractivity contribution in [1.29, 1.82) is 0 Å². The van der Waals surface area contributed by atoms with Gasteiger partial charge in [-0.25, -0.2) is 4.39 Å². The van der Waals surface area contributed by atoms with Crippen molar-refractivity contribution < 1.29 is 9.18 Å². The average molecular weight is 294 g/mol. The molecule has 4 heteroatoms. The first-order valence-electron chi connectivity index (χ1n) is 5.04. The highest BCUT2D eigenvalue weighted by atomic mass is 79.9. The molecule has 0 spiro atoms. The summed E-state index contributed by atoms with van der Waals surface area (Å²) in [5.41, 5.74) is 1.39. The summed E-state index contributed by atoms with van der Waals surface area (Å²) in [5, 5.41) is 0. The van der Waals surface area contributed by atoms with Crippen molar-refractivity contribution in [3.8, 4) is 0 Å². The zero-order valence-electron chi connectivity index (χ0n) is 8.86. The fourth-order valence-corrected chi connectivity index (χ4v) is 1.84. The van der Waals surface area contributed by atoms with Crippen LogP contribution in [0.4, 0.5) is 4.39 Å². The fourth-order valence-electron chi connectivity index (χ4n) is 1.46. The summed E-state index contributed by atoms with van der Waals surface area (Å²) in [5.74, 6) is -0.414. The molecule has 2 nitrogen and oxygen atoms in total. The third-order valence-corrected chi connectivity index (χ3v) is 2.96. The van der Waals surface area contributed by atoms with Crippen LogP contribution in [0.2, 0.25) is 0 Å². The van der Waals surface area contributed by atoms with Crippen LogP contribution in [0.1, 0.15) is 15.9 Å². The molecule has 0 bridgehead atoms. The minimum absolute atomic E-state index is 0.0445. The summed E-state index contributed by atoms with van der Waals surface area (Å²) in [6.07, 6.45) is 3.58.